The van der Waals surface area contributed by atoms with Gasteiger partial charge in [-0.25, -0.2) is 0 Å². The number of aromatic nitrogens is 4. The van der Waals surface area contributed by atoms with Crippen LogP contribution in [0.2, 0.25) is 0 Å². The highest BCUT2D eigenvalue weighted by atomic mass is 16.5. The minimum Gasteiger partial charge on any atom is -0.496 e. The smallest absolute Gasteiger partial charge is 0.262 e. The average Bonchev–Trinajstić information content (AvgIpc) is 3.19. The number of pyridine rings is 2. The summed E-state index contributed by atoms with van der Waals surface area (Å²) in [5, 5.41) is 4.02. The van der Waals surface area contributed by atoms with Crippen LogP contribution in [-0.4, -0.2) is 27.2 Å². The van der Waals surface area contributed by atoms with Gasteiger partial charge in [-0.15, -0.1) is 0 Å². The van der Waals surface area contributed by atoms with E-state index >= 15 is 0 Å². The van der Waals surface area contributed by atoms with Crippen LogP contribution in [0.1, 0.15) is 0 Å². The molecule has 3 heterocycles. The molecule has 0 bridgehead atoms. The Morgan fingerprint density at radius 1 is 0.960 bits per heavy atom. The summed E-state index contributed by atoms with van der Waals surface area (Å²) in [5.74, 6) is 1.47. The van der Waals surface area contributed by atoms with E-state index in [9.17, 15) is 0 Å². The molecule has 0 aliphatic rings. The Labute approximate surface area is 144 Å². The molecule has 4 aromatic rings. The number of hydrogen-bond acceptors (Lipinski definition) is 6. The van der Waals surface area contributed by atoms with E-state index in [1.54, 1.807) is 25.7 Å². The van der Waals surface area contributed by atoms with Gasteiger partial charge in [0.05, 0.1) is 12.7 Å². The average molecular weight is 330 g/mol. The number of methoxy groups -OCH3 is 1. The van der Waals surface area contributed by atoms with Crippen molar-refractivity contribution >= 4 is 0 Å². The molecule has 0 saturated heterocycles. The second-order valence-electron chi connectivity index (χ2n) is 5.29. The minimum absolute atomic E-state index is 0.378. The molecule has 0 atom stereocenters. The van der Waals surface area contributed by atoms with Crippen molar-refractivity contribution in [3.8, 4) is 39.8 Å². The Balaban J connectivity index is 1.78. The summed E-state index contributed by atoms with van der Waals surface area (Å²) in [4.78, 5) is 12.9. The lowest BCUT2D eigenvalue weighted by atomic mass is 10.0. The fourth-order valence-corrected chi connectivity index (χ4v) is 2.52. The summed E-state index contributed by atoms with van der Waals surface area (Å²) in [6, 6.07) is 15.2. The highest BCUT2D eigenvalue weighted by molar-refractivity contribution is 5.74. The highest BCUT2D eigenvalue weighted by Crippen LogP contribution is 2.33. The molecular formula is C19H14N4O2. The van der Waals surface area contributed by atoms with Crippen LogP contribution >= 0.6 is 0 Å². The van der Waals surface area contributed by atoms with Gasteiger partial charge in [-0.3, -0.25) is 9.97 Å². The fraction of sp³-hybridized carbons (Fsp3) is 0.0526. The lowest BCUT2D eigenvalue weighted by molar-refractivity contribution is 0.405. The van der Waals surface area contributed by atoms with E-state index in [1.165, 1.54) is 0 Å². The molecule has 6 nitrogen and oxygen atoms in total. The van der Waals surface area contributed by atoms with Crippen LogP contribution in [0.15, 0.2) is 71.6 Å². The molecule has 0 amide bonds. The van der Waals surface area contributed by atoms with Gasteiger partial charge in [0.15, 0.2) is 0 Å². The summed E-state index contributed by atoms with van der Waals surface area (Å²) < 4.78 is 10.9. The zero-order chi connectivity index (χ0) is 17.1. The maximum atomic E-state index is 5.45. The van der Waals surface area contributed by atoms with Crippen molar-refractivity contribution in [1.82, 2.24) is 20.1 Å². The van der Waals surface area contributed by atoms with Crippen LogP contribution < -0.4 is 4.74 Å². The summed E-state index contributed by atoms with van der Waals surface area (Å²) in [5.41, 5.74) is 3.36. The molecule has 3 aromatic heterocycles. The van der Waals surface area contributed by atoms with E-state index in [2.05, 4.69) is 20.1 Å². The standard InChI is InChI=1S/C19H14N4O2/c1-24-17-8-7-13(14-5-4-9-20-12-14)11-15(17)19-22-18(23-25-19)16-6-2-3-10-21-16/h2-12H,1H3. The second kappa shape index (κ2) is 6.52. The number of benzene rings is 1. The Hall–Kier alpha value is -3.54. The normalized spacial score (nSPS) is 10.6. The predicted molar refractivity (Wildman–Crippen MR) is 92.7 cm³/mol. The first kappa shape index (κ1) is 15.0. The Morgan fingerprint density at radius 2 is 1.92 bits per heavy atom. The molecule has 0 fully saturated rings. The molecule has 0 N–H and O–H groups in total. The maximum Gasteiger partial charge on any atom is 0.262 e. The number of hydrogen-bond donors (Lipinski definition) is 0. The third-order valence-corrected chi connectivity index (χ3v) is 3.74. The molecule has 0 unspecified atom stereocenters. The van der Waals surface area contributed by atoms with Gasteiger partial charge in [0.2, 0.25) is 5.82 Å². The molecule has 6 heteroatoms. The zero-order valence-corrected chi connectivity index (χ0v) is 13.5. The summed E-state index contributed by atoms with van der Waals surface area (Å²) in [6.07, 6.45) is 5.23. The quantitative estimate of drug-likeness (QED) is 0.565. The first-order valence-corrected chi connectivity index (χ1v) is 7.69. The molecule has 0 spiro atoms. The van der Waals surface area contributed by atoms with Crippen molar-refractivity contribution in [3.05, 3.63) is 67.1 Å². The van der Waals surface area contributed by atoms with E-state index in [1.807, 2.05) is 48.5 Å². The molecule has 1 aromatic carbocycles. The molecule has 0 saturated carbocycles. The van der Waals surface area contributed by atoms with Crippen molar-refractivity contribution in [3.63, 3.8) is 0 Å². The predicted octanol–water partition coefficient (Wildman–Crippen LogP) is 3.87. The maximum absolute atomic E-state index is 5.45. The van der Waals surface area contributed by atoms with Crippen LogP contribution in [0.4, 0.5) is 0 Å². The van der Waals surface area contributed by atoms with Crippen molar-refractivity contribution in [2.45, 2.75) is 0 Å². The third-order valence-electron chi connectivity index (χ3n) is 3.74. The molecule has 0 aliphatic heterocycles. The van der Waals surface area contributed by atoms with Gasteiger partial charge in [0, 0.05) is 24.2 Å². The van der Waals surface area contributed by atoms with Crippen molar-refractivity contribution < 1.29 is 9.26 Å². The van der Waals surface area contributed by atoms with Gasteiger partial charge in [-0.05, 0) is 35.9 Å². The lowest BCUT2D eigenvalue weighted by Crippen LogP contribution is -1.90. The molecular weight excluding hydrogens is 316 g/mol. The molecule has 4 rings (SSSR count). The highest BCUT2D eigenvalue weighted by Gasteiger charge is 2.16. The third kappa shape index (κ3) is 2.97. The van der Waals surface area contributed by atoms with Gasteiger partial charge in [0.1, 0.15) is 11.4 Å². The van der Waals surface area contributed by atoms with Crippen LogP contribution in [0.3, 0.4) is 0 Å². The first-order valence-electron chi connectivity index (χ1n) is 7.69. The minimum atomic E-state index is 0.378. The fourth-order valence-electron chi connectivity index (χ4n) is 2.52. The Morgan fingerprint density at radius 3 is 2.68 bits per heavy atom. The van der Waals surface area contributed by atoms with Crippen molar-refractivity contribution in [1.29, 1.82) is 0 Å². The van der Waals surface area contributed by atoms with Crippen LogP contribution in [0.5, 0.6) is 5.75 Å². The van der Waals surface area contributed by atoms with Crippen LogP contribution in [0, 0.1) is 0 Å². The summed E-state index contributed by atoms with van der Waals surface area (Å²) in [6.45, 7) is 0. The van der Waals surface area contributed by atoms with E-state index in [4.69, 9.17) is 9.26 Å². The van der Waals surface area contributed by atoms with E-state index < -0.39 is 0 Å². The van der Waals surface area contributed by atoms with Gasteiger partial charge < -0.3 is 9.26 Å². The van der Waals surface area contributed by atoms with E-state index in [0.29, 0.717) is 23.2 Å². The number of ether oxygens (including phenoxy) is 1. The summed E-state index contributed by atoms with van der Waals surface area (Å²) >= 11 is 0. The van der Waals surface area contributed by atoms with E-state index in [-0.39, 0.29) is 0 Å². The van der Waals surface area contributed by atoms with Gasteiger partial charge in [0.25, 0.3) is 5.89 Å². The van der Waals surface area contributed by atoms with Gasteiger partial charge >= 0.3 is 0 Å². The molecule has 0 aliphatic carbocycles. The Kier molecular flexibility index (Phi) is 3.92. The van der Waals surface area contributed by atoms with Crippen LogP contribution in [0.25, 0.3) is 34.1 Å². The van der Waals surface area contributed by atoms with Crippen LogP contribution in [-0.2, 0) is 0 Å². The Bertz CT molecular complexity index is 985. The van der Waals surface area contributed by atoms with Crippen molar-refractivity contribution in [2.24, 2.45) is 0 Å². The largest absolute Gasteiger partial charge is 0.496 e. The topological polar surface area (TPSA) is 73.9 Å². The number of nitrogens with zero attached hydrogens (tertiary/aromatic N) is 4. The van der Waals surface area contributed by atoms with E-state index in [0.717, 1.165) is 16.7 Å². The van der Waals surface area contributed by atoms with Gasteiger partial charge in [-0.1, -0.05) is 23.4 Å². The molecule has 0 radical (unpaired) electrons. The number of rotatable bonds is 4. The SMILES string of the molecule is COc1ccc(-c2cccnc2)cc1-c1nc(-c2ccccn2)no1. The molecule has 25 heavy (non-hydrogen) atoms. The van der Waals surface area contributed by atoms with Gasteiger partial charge in [-0.2, -0.15) is 4.98 Å². The first-order chi connectivity index (χ1) is 12.3. The van der Waals surface area contributed by atoms with Crippen molar-refractivity contribution in [2.75, 3.05) is 7.11 Å². The summed E-state index contributed by atoms with van der Waals surface area (Å²) in [7, 11) is 1.61. The zero-order valence-electron chi connectivity index (χ0n) is 13.5. The molecule has 122 valence electrons. The monoisotopic (exact) mass is 330 g/mol. The second-order valence-corrected chi connectivity index (χ2v) is 5.29. The lowest BCUT2D eigenvalue weighted by Gasteiger charge is -2.08.